The Morgan fingerprint density at radius 2 is 2.25 bits per heavy atom. The molecule has 12 heavy (non-hydrogen) atoms. The number of aryl methyl sites for hydroxylation is 1. The van der Waals surface area contributed by atoms with Crippen molar-refractivity contribution in [3.8, 4) is 0 Å². The maximum Gasteiger partial charge on any atom is 0.238 e. The van der Waals surface area contributed by atoms with Crippen LogP contribution in [-0.2, 0) is 21.9 Å². The largest absolute Gasteiger partial charge is 0.338 e. The van der Waals surface area contributed by atoms with Gasteiger partial charge in [0.2, 0.25) is 9.05 Å². The van der Waals surface area contributed by atoms with Crippen LogP contribution in [0.1, 0.15) is 11.4 Å². The highest BCUT2D eigenvalue weighted by atomic mass is 35.7. The zero-order valence-electron chi connectivity index (χ0n) is 6.78. The Kier molecular flexibility index (Phi) is 2.44. The van der Waals surface area contributed by atoms with Gasteiger partial charge in [0, 0.05) is 23.4 Å². The molecule has 1 aromatic heterocycles. The summed E-state index contributed by atoms with van der Waals surface area (Å²) < 4.78 is 23.1. The summed E-state index contributed by atoms with van der Waals surface area (Å²) >= 11 is 0. The summed E-state index contributed by atoms with van der Waals surface area (Å²) in [6.07, 6.45) is 1.56. The molecule has 0 bridgehead atoms. The number of hydrogen-bond acceptors (Lipinski definition) is 3. The first-order valence-corrected chi connectivity index (χ1v) is 5.77. The Bertz CT molecular complexity index is 382. The van der Waals surface area contributed by atoms with E-state index in [2.05, 4.69) is 4.98 Å². The Morgan fingerprint density at radius 3 is 2.58 bits per heavy atom. The van der Waals surface area contributed by atoms with E-state index < -0.39 is 9.05 Å². The Labute approximate surface area is 75.6 Å². The van der Waals surface area contributed by atoms with Crippen molar-refractivity contribution >= 4 is 19.7 Å². The van der Waals surface area contributed by atoms with E-state index in [9.17, 15) is 8.42 Å². The molecule has 0 saturated carbocycles. The lowest BCUT2D eigenvalue weighted by atomic mass is 10.4. The Morgan fingerprint density at radius 1 is 1.67 bits per heavy atom. The molecule has 68 valence electrons. The summed E-state index contributed by atoms with van der Waals surface area (Å²) in [5.74, 6) is -0.207. The molecule has 0 spiro atoms. The molecule has 4 nitrogen and oxygen atoms in total. The van der Waals surface area contributed by atoms with Gasteiger partial charge in [0.05, 0.1) is 12.0 Å². The van der Waals surface area contributed by atoms with Crippen LogP contribution in [0.5, 0.6) is 0 Å². The van der Waals surface area contributed by atoms with Crippen molar-refractivity contribution in [2.45, 2.75) is 12.7 Å². The molecule has 0 N–H and O–H groups in total. The van der Waals surface area contributed by atoms with Gasteiger partial charge in [-0.3, -0.25) is 0 Å². The van der Waals surface area contributed by atoms with Gasteiger partial charge in [-0.25, -0.2) is 13.4 Å². The molecule has 1 aromatic rings. The van der Waals surface area contributed by atoms with E-state index >= 15 is 0 Å². The van der Waals surface area contributed by atoms with Gasteiger partial charge in [-0.1, -0.05) is 0 Å². The number of hydrogen-bond donors (Lipinski definition) is 0. The first kappa shape index (κ1) is 9.54. The lowest BCUT2D eigenvalue weighted by Gasteiger charge is -1.96. The molecule has 0 aliphatic rings. The van der Waals surface area contributed by atoms with Crippen LogP contribution in [0, 0.1) is 6.92 Å². The number of rotatable bonds is 2. The second kappa shape index (κ2) is 3.06. The van der Waals surface area contributed by atoms with Crippen LogP contribution < -0.4 is 0 Å². The lowest BCUT2D eigenvalue weighted by molar-refractivity contribution is 0.608. The summed E-state index contributed by atoms with van der Waals surface area (Å²) in [7, 11) is 3.38. The van der Waals surface area contributed by atoms with Gasteiger partial charge in [0.25, 0.3) is 0 Å². The maximum absolute atomic E-state index is 10.7. The monoisotopic (exact) mass is 208 g/mol. The zero-order chi connectivity index (χ0) is 9.35. The fraction of sp³-hybridized carbons (Fsp3) is 0.500. The van der Waals surface area contributed by atoms with E-state index in [-0.39, 0.29) is 5.75 Å². The predicted molar refractivity (Wildman–Crippen MR) is 46.4 cm³/mol. The van der Waals surface area contributed by atoms with Crippen molar-refractivity contribution in [2.75, 3.05) is 0 Å². The molecule has 0 aliphatic heterocycles. The minimum Gasteiger partial charge on any atom is -0.338 e. The lowest BCUT2D eigenvalue weighted by Crippen LogP contribution is -1.98. The summed E-state index contributed by atoms with van der Waals surface area (Å²) in [6.45, 7) is 1.80. The van der Waals surface area contributed by atoms with Crippen LogP contribution in [0.2, 0.25) is 0 Å². The molecule has 0 unspecified atom stereocenters. The van der Waals surface area contributed by atoms with Crippen molar-refractivity contribution in [1.82, 2.24) is 9.55 Å². The van der Waals surface area contributed by atoms with Gasteiger partial charge in [-0.15, -0.1) is 0 Å². The average Bonchev–Trinajstić information content (AvgIpc) is 2.16. The maximum atomic E-state index is 10.7. The van der Waals surface area contributed by atoms with Crippen molar-refractivity contribution in [1.29, 1.82) is 0 Å². The van der Waals surface area contributed by atoms with Crippen molar-refractivity contribution < 1.29 is 8.42 Å². The molecule has 1 rings (SSSR count). The second-order valence-corrected chi connectivity index (χ2v) is 5.35. The highest BCUT2D eigenvalue weighted by molar-refractivity contribution is 8.13. The summed E-state index contributed by atoms with van der Waals surface area (Å²) in [6, 6.07) is 0. The van der Waals surface area contributed by atoms with E-state index in [1.807, 2.05) is 0 Å². The third-order valence-electron chi connectivity index (χ3n) is 1.64. The van der Waals surface area contributed by atoms with Crippen molar-refractivity contribution in [3.05, 3.63) is 17.7 Å². The molecule has 0 aliphatic carbocycles. The molecular formula is C6H9ClN2O2S. The van der Waals surface area contributed by atoms with Crippen LogP contribution in [0.15, 0.2) is 6.33 Å². The zero-order valence-corrected chi connectivity index (χ0v) is 8.35. The average molecular weight is 209 g/mol. The van der Waals surface area contributed by atoms with Gasteiger partial charge in [-0.2, -0.15) is 0 Å². The van der Waals surface area contributed by atoms with E-state index in [4.69, 9.17) is 10.7 Å². The molecule has 0 fully saturated rings. The van der Waals surface area contributed by atoms with Crippen LogP contribution in [-0.4, -0.2) is 18.0 Å². The van der Waals surface area contributed by atoms with E-state index in [1.54, 1.807) is 24.9 Å². The molecular weight excluding hydrogens is 200 g/mol. The second-order valence-electron chi connectivity index (χ2n) is 2.57. The van der Waals surface area contributed by atoms with Gasteiger partial charge < -0.3 is 4.57 Å². The third kappa shape index (κ3) is 2.22. The fourth-order valence-electron chi connectivity index (χ4n) is 0.845. The molecule has 0 atom stereocenters. The number of nitrogens with zero attached hydrogens (tertiary/aromatic N) is 2. The van der Waals surface area contributed by atoms with Crippen molar-refractivity contribution in [2.24, 2.45) is 7.05 Å². The van der Waals surface area contributed by atoms with Crippen LogP contribution >= 0.6 is 10.7 Å². The number of aromatic nitrogens is 2. The predicted octanol–water partition coefficient (Wildman–Crippen LogP) is 0.797. The van der Waals surface area contributed by atoms with E-state index in [0.717, 1.165) is 5.69 Å². The minimum absolute atomic E-state index is 0.207. The molecule has 6 heteroatoms. The summed E-state index contributed by atoms with van der Waals surface area (Å²) in [5.41, 5.74) is 1.33. The Hall–Kier alpha value is -0.550. The van der Waals surface area contributed by atoms with Crippen molar-refractivity contribution in [3.63, 3.8) is 0 Å². The molecule has 0 aromatic carbocycles. The van der Waals surface area contributed by atoms with Crippen LogP contribution in [0.4, 0.5) is 0 Å². The molecule has 0 saturated heterocycles. The normalized spacial score (nSPS) is 11.9. The van der Waals surface area contributed by atoms with Crippen LogP contribution in [0.25, 0.3) is 0 Å². The smallest absolute Gasteiger partial charge is 0.238 e. The standard InChI is InChI=1S/C6H9ClN2O2S/c1-5-6(3-12(7,10)11)8-4-9(5)2/h4H,3H2,1-2H3. The number of halogens is 1. The summed E-state index contributed by atoms with van der Waals surface area (Å²) in [4.78, 5) is 3.90. The van der Waals surface area contributed by atoms with Gasteiger partial charge in [0.15, 0.2) is 0 Å². The van der Waals surface area contributed by atoms with Gasteiger partial charge in [0.1, 0.15) is 5.75 Å². The first-order valence-electron chi connectivity index (χ1n) is 3.29. The first-order chi connectivity index (χ1) is 5.40. The van der Waals surface area contributed by atoms with Gasteiger partial charge >= 0.3 is 0 Å². The fourth-order valence-corrected chi connectivity index (χ4v) is 1.76. The third-order valence-corrected chi connectivity index (χ3v) is 2.59. The van der Waals surface area contributed by atoms with E-state index in [1.165, 1.54) is 0 Å². The van der Waals surface area contributed by atoms with Crippen LogP contribution in [0.3, 0.4) is 0 Å². The SMILES string of the molecule is Cc1c(CS(=O)(=O)Cl)ncn1C. The van der Waals surface area contributed by atoms with Gasteiger partial charge in [-0.05, 0) is 6.92 Å². The topological polar surface area (TPSA) is 52.0 Å². The molecule has 0 amide bonds. The molecule has 1 heterocycles. The van der Waals surface area contributed by atoms with E-state index in [0.29, 0.717) is 5.69 Å². The highest BCUT2D eigenvalue weighted by Gasteiger charge is 2.12. The quantitative estimate of drug-likeness (QED) is 0.676. The Balaban J connectivity index is 2.99. The number of imidazole rings is 1. The minimum atomic E-state index is -3.49. The highest BCUT2D eigenvalue weighted by Crippen LogP contribution is 2.11. The summed E-state index contributed by atoms with van der Waals surface area (Å²) in [5, 5.41) is 0. The molecule has 0 radical (unpaired) electrons.